The van der Waals surface area contributed by atoms with Gasteiger partial charge in [-0.05, 0) is 6.42 Å². The van der Waals surface area contributed by atoms with Crippen LogP contribution in [0.1, 0.15) is 12.8 Å². The smallest absolute Gasteiger partial charge is 0.252 e. The molecule has 2 heterocycles. The van der Waals surface area contributed by atoms with Crippen LogP contribution in [-0.2, 0) is 19.1 Å². The average Bonchev–Trinajstić information content (AvgIpc) is 2.92. The summed E-state index contributed by atoms with van der Waals surface area (Å²) < 4.78 is 5.14. The van der Waals surface area contributed by atoms with Crippen molar-refractivity contribution in [1.29, 1.82) is 0 Å². The van der Waals surface area contributed by atoms with Crippen LogP contribution in [0, 0.1) is 0 Å². The van der Waals surface area contributed by atoms with Gasteiger partial charge in [-0.3, -0.25) is 19.3 Å². The Morgan fingerprint density at radius 2 is 2.22 bits per heavy atom. The molecule has 100 valence electrons. The first-order valence-electron chi connectivity index (χ1n) is 5.90. The van der Waals surface area contributed by atoms with Crippen LogP contribution in [0.5, 0.6) is 0 Å². The topological polar surface area (TPSA) is 87.7 Å². The largest absolute Gasteiger partial charge is 0.380 e. The Morgan fingerprint density at radius 1 is 1.50 bits per heavy atom. The summed E-state index contributed by atoms with van der Waals surface area (Å²) in [6, 6.07) is -1.08. The Bertz CT molecular complexity index is 384. The number of amides is 3. The SMILES string of the molecule is COC1CNC(C(=O)NC2CC(=O)N(C)C2=O)C1. The molecular formula is C11H17N3O4. The first-order chi connectivity index (χ1) is 8.52. The summed E-state index contributed by atoms with van der Waals surface area (Å²) in [4.78, 5) is 35.9. The highest BCUT2D eigenvalue weighted by atomic mass is 16.5. The highest BCUT2D eigenvalue weighted by Gasteiger charge is 2.39. The number of nitrogens with one attached hydrogen (secondary N) is 2. The second kappa shape index (κ2) is 5.03. The van der Waals surface area contributed by atoms with Crippen molar-refractivity contribution in [3.8, 4) is 0 Å². The number of carbonyl (C=O) groups is 3. The van der Waals surface area contributed by atoms with Crippen molar-refractivity contribution in [2.24, 2.45) is 0 Å². The summed E-state index contributed by atoms with van der Waals surface area (Å²) in [7, 11) is 3.02. The zero-order valence-corrected chi connectivity index (χ0v) is 10.4. The van der Waals surface area contributed by atoms with Crippen molar-refractivity contribution in [1.82, 2.24) is 15.5 Å². The average molecular weight is 255 g/mol. The van der Waals surface area contributed by atoms with E-state index < -0.39 is 6.04 Å². The molecule has 2 saturated heterocycles. The zero-order chi connectivity index (χ0) is 13.3. The molecule has 0 aromatic heterocycles. The number of carbonyl (C=O) groups excluding carboxylic acids is 3. The molecule has 3 atom stereocenters. The van der Waals surface area contributed by atoms with E-state index in [-0.39, 0.29) is 36.3 Å². The molecule has 0 aliphatic carbocycles. The molecule has 0 radical (unpaired) electrons. The summed E-state index contributed by atoms with van der Waals surface area (Å²) in [5.74, 6) is -0.870. The lowest BCUT2D eigenvalue weighted by atomic mass is 10.1. The van der Waals surface area contributed by atoms with Gasteiger partial charge in [0.2, 0.25) is 11.8 Å². The van der Waals surface area contributed by atoms with Gasteiger partial charge >= 0.3 is 0 Å². The fourth-order valence-corrected chi connectivity index (χ4v) is 2.22. The number of likely N-dealkylation sites (tertiary alicyclic amines) is 1. The molecule has 2 aliphatic rings. The zero-order valence-electron chi connectivity index (χ0n) is 10.4. The molecule has 2 fully saturated rings. The highest BCUT2D eigenvalue weighted by Crippen LogP contribution is 2.13. The van der Waals surface area contributed by atoms with Crippen LogP contribution in [0.4, 0.5) is 0 Å². The molecule has 2 N–H and O–H groups in total. The van der Waals surface area contributed by atoms with Crippen LogP contribution in [0.25, 0.3) is 0 Å². The second-order valence-electron chi connectivity index (χ2n) is 4.61. The van der Waals surface area contributed by atoms with E-state index in [1.807, 2.05) is 0 Å². The van der Waals surface area contributed by atoms with Gasteiger partial charge in [0, 0.05) is 20.7 Å². The van der Waals surface area contributed by atoms with E-state index in [1.54, 1.807) is 7.11 Å². The van der Waals surface area contributed by atoms with E-state index in [4.69, 9.17) is 4.74 Å². The summed E-state index contributed by atoms with van der Waals surface area (Å²) in [6.07, 6.45) is 0.637. The van der Waals surface area contributed by atoms with Gasteiger partial charge in [-0.15, -0.1) is 0 Å². The van der Waals surface area contributed by atoms with E-state index in [0.717, 1.165) is 4.90 Å². The molecule has 0 bridgehead atoms. The van der Waals surface area contributed by atoms with E-state index in [9.17, 15) is 14.4 Å². The maximum atomic E-state index is 11.9. The Balaban J connectivity index is 1.89. The summed E-state index contributed by atoms with van der Waals surface area (Å²) in [5.41, 5.74) is 0. The first kappa shape index (κ1) is 13.0. The minimum Gasteiger partial charge on any atom is -0.380 e. The van der Waals surface area contributed by atoms with Crippen LogP contribution in [0.3, 0.4) is 0 Å². The fraction of sp³-hybridized carbons (Fsp3) is 0.727. The predicted octanol–water partition coefficient (Wildman–Crippen LogP) is -1.76. The molecule has 18 heavy (non-hydrogen) atoms. The number of imide groups is 1. The van der Waals surface area contributed by atoms with E-state index >= 15 is 0 Å². The minimum absolute atomic E-state index is 0.0179. The monoisotopic (exact) mass is 255 g/mol. The summed E-state index contributed by atoms with van der Waals surface area (Å²) in [5, 5.41) is 5.63. The van der Waals surface area contributed by atoms with Crippen LogP contribution in [0.15, 0.2) is 0 Å². The van der Waals surface area contributed by atoms with Gasteiger partial charge in [0.15, 0.2) is 0 Å². The number of likely N-dealkylation sites (N-methyl/N-ethyl adjacent to an activating group) is 1. The lowest BCUT2D eigenvalue weighted by Gasteiger charge is -2.15. The van der Waals surface area contributed by atoms with E-state index in [0.29, 0.717) is 13.0 Å². The van der Waals surface area contributed by atoms with Crippen LogP contribution < -0.4 is 10.6 Å². The number of hydrogen-bond acceptors (Lipinski definition) is 5. The molecule has 0 spiro atoms. The third kappa shape index (κ3) is 2.37. The summed E-state index contributed by atoms with van der Waals surface area (Å²) >= 11 is 0. The normalized spacial score (nSPS) is 32.1. The number of hydrogen-bond donors (Lipinski definition) is 2. The Hall–Kier alpha value is -1.47. The van der Waals surface area contributed by atoms with Crippen molar-refractivity contribution in [2.75, 3.05) is 20.7 Å². The van der Waals surface area contributed by atoms with Crippen molar-refractivity contribution in [3.63, 3.8) is 0 Å². The van der Waals surface area contributed by atoms with Crippen molar-refractivity contribution in [2.45, 2.75) is 31.0 Å². The molecule has 0 saturated carbocycles. The van der Waals surface area contributed by atoms with Gasteiger partial charge in [-0.2, -0.15) is 0 Å². The lowest BCUT2D eigenvalue weighted by molar-refractivity contribution is -0.138. The molecule has 3 amide bonds. The van der Waals surface area contributed by atoms with Gasteiger partial charge in [0.25, 0.3) is 5.91 Å². The quantitative estimate of drug-likeness (QED) is 0.583. The molecule has 7 heteroatoms. The molecule has 7 nitrogen and oxygen atoms in total. The van der Waals surface area contributed by atoms with Crippen LogP contribution in [0.2, 0.25) is 0 Å². The molecule has 2 rings (SSSR count). The van der Waals surface area contributed by atoms with Gasteiger partial charge in [0.05, 0.1) is 18.6 Å². The second-order valence-corrected chi connectivity index (χ2v) is 4.61. The summed E-state index contributed by atoms with van der Waals surface area (Å²) in [6.45, 7) is 0.617. The number of ether oxygens (including phenoxy) is 1. The van der Waals surface area contributed by atoms with Crippen molar-refractivity contribution in [3.05, 3.63) is 0 Å². The van der Waals surface area contributed by atoms with Gasteiger partial charge in [-0.1, -0.05) is 0 Å². The molecule has 0 aromatic carbocycles. The van der Waals surface area contributed by atoms with Crippen LogP contribution >= 0.6 is 0 Å². The molecule has 3 unspecified atom stereocenters. The van der Waals surface area contributed by atoms with Crippen molar-refractivity contribution < 1.29 is 19.1 Å². The van der Waals surface area contributed by atoms with Gasteiger partial charge < -0.3 is 15.4 Å². The highest BCUT2D eigenvalue weighted by molar-refractivity contribution is 6.06. The maximum Gasteiger partial charge on any atom is 0.252 e. The van der Waals surface area contributed by atoms with E-state index in [1.165, 1.54) is 7.05 Å². The molecule has 0 aromatic rings. The number of nitrogens with zero attached hydrogens (tertiary/aromatic N) is 1. The van der Waals surface area contributed by atoms with Gasteiger partial charge in [-0.25, -0.2) is 0 Å². The maximum absolute atomic E-state index is 11.9. The number of rotatable bonds is 3. The third-order valence-electron chi connectivity index (χ3n) is 3.44. The Morgan fingerprint density at radius 3 is 2.72 bits per heavy atom. The van der Waals surface area contributed by atoms with E-state index in [2.05, 4.69) is 10.6 Å². The fourth-order valence-electron chi connectivity index (χ4n) is 2.22. The molecule has 2 aliphatic heterocycles. The standard InChI is InChI=1S/C11H17N3O4/c1-14-9(15)4-8(11(14)17)13-10(16)7-3-6(18-2)5-12-7/h6-8,12H,3-5H2,1-2H3,(H,13,16). The Labute approximate surface area is 105 Å². The minimum atomic E-state index is -0.724. The van der Waals surface area contributed by atoms with Crippen LogP contribution in [-0.4, -0.2) is 61.5 Å². The molecular weight excluding hydrogens is 238 g/mol. The first-order valence-corrected chi connectivity index (χ1v) is 5.90. The lowest BCUT2D eigenvalue weighted by Crippen LogP contribution is -2.47. The van der Waals surface area contributed by atoms with Gasteiger partial charge in [0.1, 0.15) is 6.04 Å². The van der Waals surface area contributed by atoms with Crippen molar-refractivity contribution >= 4 is 17.7 Å². The third-order valence-corrected chi connectivity index (χ3v) is 3.44. The predicted molar refractivity (Wildman–Crippen MR) is 61.5 cm³/mol. The Kier molecular flexibility index (Phi) is 3.63. The number of methoxy groups -OCH3 is 1.